The third-order valence-electron chi connectivity index (χ3n) is 2.76. The number of amides is 1. The molecule has 6 nitrogen and oxygen atoms in total. The summed E-state index contributed by atoms with van der Waals surface area (Å²) < 4.78 is 0.733. The molecule has 21 heavy (non-hydrogen) atoms. The number of rotatable bonds is 3. The minimum atomic E-state index is -1.15. The van der Waals surface area contributed by atoms with E-state index in [0.29, 0.717) is 5.69 Å². The summed E-state index contributed by atoms with van der Waals surface area (Å²) in [6.45, 7) is 1.70. The third-order valence-corrected chi connectivity index (χ3v) is 3.43. The van der Waals surface area contributed by atoms with Crippen molar-refractivity contribution in [2.75, 3.05) is 5.32 Å². The SMILES string of the molecule is Cc1cc(=O)c(C(=O)Nc2ccc(I)cc2C(=O)O)c[nH]1. The summed E-state index contributed by atoms with van der Waals surface area (Å²) in [5.41, 5.74) is 0.255. The quantitative estimate of drug-likeness (QED) is 0.691. The second kappa shape index (κ2) is 6.08. The average Bonchev–Trinajstić information content (AvgIpc) is 2.40. The Morgan fingerprint density at radius 1 is 1.24 bits per heavy atom. The lowest BCUT2D eigenvalue weighted by Gasteiger charge is -2.08. The number of carboxylic acids is 1. The van der Waals surface area contributed by atoms with Gasteiger partial charge in [0.2, 0.25) is 0 Å². The van der Waals surface area contributed by atoms with Crippen molar-refractivity contribution in [3.05, 3.63) is 61.1 Å². The molecule has 0 aliphatic heterocycles. The zero-order chi connectivity index (χ0) is 15.6. The maximum absolute atomic E-state index is 12.1. The molecule has 0 atom stereocenters. The van der Waals surface area contributed by atoms with Gasteiger partial charge in [0.15, 0.2) is 5.43 Å². The number of halogens is 1. The van der Waals surface area contributed by atoms with Gasteiger partial charge in [0.25, 0.3) is 5.91 Å². The number of aromatic amines is 1. The second-order valence-corrected chi connectivity index (χ2v) is 5.59. The molecule has 0 radical (unpaired) electrons. The Hall–Kier alpha value is -2.16. The summed E-state index contributed by atoms with van der Waals surface area (Å²) in [5.74, 6) is -1.80. The topological polar surface area (TPSA) is 99.3 Å². The first-order valence-corrected chi connectivity index (χ1v) is 7.00. The number of carbonyl (C=O) groups is 2. The third kappa shape index (κ3) is 3.48. The van der Waals surface area contributed by atoms with Crippen LogP contribution in [0.3, 0.4) is 0 Å². The van der Waals surface area contributed by atoms with Crippen LogP contribution in [0, 0.1) is 10.5 Å². The highest BCUT2D eigenvalue weighted by Gasteiger charge is 2.16. The summed E-state index contributed by atoms with van der Waals surface area (Å²) >= 11 is 1.98. The number of aromatic nitrogens is 1. The van der Waals surface area contributed by atoms with Gasteiger partial charge in [-0.05, 0) is 47.7 Å². The molecule has 0 bridgehead atoms. The fourth-order valence-electron chi connectivity index (χ4n) is 1.74. The predicted octanol–water partition coefficient (Wildman–Crippen LogP) is 2.24. The Labute approximate surface area is 133 Å². The number of pyridine rings is 1. The van der Waals surface area contributed by atoms with Crippen LogP contribution in [-0.4, -0.2) is 22.0 Å². The van der Waals surface area contributed by atoms with Gasteiger partial charge in [-0.2, -0.15) is 0 Å². The zero-order valence-electron chi connectivity index (χ0n) is 10.9. The lowest BCUT2D eigenvalue weighted by atomic mass is 10.1. The number of H-pyrrole nitrogens is 1. The van der Waals surface area contributed by atoms with E-state index in [9.17, 15) is 14.4 Å². The molecule has 0 aliphatic carbocycles. The van der Waals surface area contributed by atoms with E-state index < -0.39 is 17.3 Å². The normalized spacial score (nSPS) is 10.2. The molecule has 2 aromatic rings. The second-order valence-electron chi connectivity index (χ2n) is 4.34. The number of aryl methyl sites for hydroxylation is 1. The molecule has 0 saturated carbocycles. The van der Waals surface area contributed by atoms with Gasteiger partial charge in [-0.15, -0.1) is 0 Å². The van der Waals surface area contributed by atoms with Crippen LogP contribution in [0.5, 0.6) is 0 Å². The zero-order valence-corrected chi connectivity index (χ0v) is 13.1. The Morgan fingerprint density at radius 3 is 2.57 bits per heavy atom. The predicted molar refractivity (Wildman–Crippen MR) is 85.9 cm³/mol. The molecule has 7 heteroatoms. The average molecular weight is 398 g/mol. The summed E-state index contributed by atoms with van der Waals surface area (Å²) in [4.78, 5) is 37.8. The molecule has 1 aromatic heterocycles. The number of hydrogen-bond donors (Lipinski definition) is 3. The van der Waals surface area contributed by atoms with E-state index in [1.54, 1.807) is 13.0 Å². The fourth-order valence-corrected chi connectivity index (χ4v) is 2.23. The first-order chi connectivity index (χ1) is 9.88. The fraction of sp³-hybridized carbons (Fsp3) is 0.0714. The van der Waals surface area contributed by atoms with Crippen molar-refractivity contribution in [1.82, 2.24) is 4.98 Å². The Bertz CT molecular complexity index is 783. The van der Waals surface area contributed by atoms with Crippen LogP contribution >= 0.6 is 22.6 Å². The number of nitrogens with one attached hydrogen (secondary N) is 2. The summed E-state index contributed by atoms with van der Waals surface area (Å²) in [7, 11) is 0. The van der Waals surface area contributed by atoms with Crippen LogP contribution in [0.2, 0.25) is 0 Å². The van der Waals surface area contributed by atoms with Crippen LogP contribution in [0.25, 0.3) is 0 Å². The first kappa shape index (κ1) is 15.2. The Morgan fingerprint density at radius 2 is 1.95 bits per heavy atom. The van der Waals surface area contributed by atoms with Gasteiger partial charge >= 0.3 is 5.97 Å². The number of hydrogen-bond acceptors (Lipinski definition) is 3. The van der Waals surface area contributed by atoms with Gasteiger partial charge in [0, 0.05) is 21.5 Å². The molecule has 0 spiro atoms. The standard InChI is InChI=1S/C14H11IN2O4/c1-7-4-12(18)10(6-16-7)13(19)17-11-3-2-8(15)5-9(11)14(20)21/h2-6H,1H3,(H,16,18)(H,17,19)(H,20,21). The van der Waals surface area contributed by atoms with E-state index in [2.05, 4.69) is 10.3 Å². The van der Waals surface area contributed by atoms with Gasteiger partial charge in [-0.1, -0.05) is 0 Å². The highest BCUT2D eigenvalue weighted by Crippen LogP contribution is 2.19. The molecule has 1 aromatic carbocycles. The maximum atomic E-state index is 12.1. The number of benzene rings is 1. The van der Waals surface area contributed by atoms with E-state index in [0.717, 1.165) is 3.57 Å². The van der Waals surface area contributed by atoms with Crippen molar-refractivity contribution >= 4 is 40.2 Å². The molecular weight excluding hydrogens is 387 g/mol. The van der Waals surface area contributed by atoms with Crippen molar-refractivity contribution in [3.8, 4) is 0 Å². The molecule has 2 rings (SSSR count). The molecule has 0 saturated heterocycles. The number of carbonyl (C=O) groups excluding carboxylic acids is 1. The van der Waals surface area contributed by atoms with Gasteiger partial charge < -0.3 is 15.4 Å². The number of aromatic carboxylic acids is 1. The molecule has 0 fully saturated rings. The van der Waals surface area contributed by atoms with Crippen molar-refractivity contribution in [2.45, 2.75) is 6.92 Å². The summed E-state index contributed by atoms with van der Waals surface area (Å²) in [5, 5.41) is 11.6. The van der Waals surface area contributed by atoms with E-state index in [-0.39, 0.29) is 16.8 Å². The summed E-state index contributed by atoms with van der Waals surface area (Å²) in [6, 6.07) is 5.91. The first-order valence-electron chi connectivity index (χ1n) is 5.92. The van der Waals surface area contributed by atoms with Crippen molar-refractivity contribution in [1.29, 1.82) is 0 Å². The van der Waals surface area contributed by atoms with Crippen molar-refractivity contribution in [2.24, 2.45) is 0 Å². The smallest absolute Gasteiger partial charge is 0.337 e. The van der Waals surface area contributed by atoms with Gasteiger partial charge in [-0.25, -0.2) is 4.79 Å². The molecule has 1 heterocycles. The van der Waals surface area contributed by atoms with Crippen LogP contribution in [0.15, 0.2) is 35.3 Å². The molecule has 0 unspecified atom stereocenters. The van der Waals surface area contributed by atoms with Crippen LogP contribution in [0.4, 0.5) is 5.69 Å². The van der Waals surface area contributed by atoms with Crippen LogP contribution < -0.4 is 10.7 Å². The lowest BCUT2D eigenvalue weighted by molar-refractivity contribution is 0.0698. The molecule has 1 amide bonds. The van der Waals surface area contributed by atoms with Crippen molar-refractivity contribution < 1.29 is 14.7 Å². The van der Waals surface area contributed by atoms with Gasteiger partial charge in [0.1, 0.15) is 5.56 Å². The molecular formula is C14H11IN2O4. The maximum Gasteiger partial charge on any atom is 0.337 e. The highest BCUT2D eigenvalue weighted by atomic mass is 127. The number of anilines is 1. The largest absolute Gasteiger partial charge is 0.478 e. The van der Waals surface area contributed by atoms with Gasteiger partial charge in [0.05, 0.1) is 11.3 Å². The minimum absolute atomic E-state index is 0.0289. The van der Waals surface area contributed by atoms with Crippen LogP contribution in [-0.2, 0) is 0 Å². The van der Waals surface area contributed by atoms with Crippen LogP contribution in [0.1, 0.15) is 26.4 Å². The van der Waals surface area contributed by atoms with E-state index >= 15 is 0 Å². The molecule has 108 valence electrons. The van der Waals surface area contributed by atoms with E-state index in [4.69, 9.17) is 5.11 Å². The highest BCUT2D eigenvalue weighted by molar-refractivity contribution is 14.1. The Kier molecular flexibility index (Phi) is 4.41. The Balaban J connectivity index is 2.36. The molecule has 3 N–H and O–H groups in total. The number of carboxylic acid groups (broad SMARTS) is 1. The molecule has 0 aliphatic rings. The minimum Gasteiger partial charge on any atom is -0.478 e. The monoisotopic (exact) mass is 398 g/mol. The van der Waals surface area contributed by atoms with E-state index in [1.165, 1.54) is 24.4 Å². The van der Waals surface area contributed by atoms with Crippen molar-refractivity contribution in [3.63, 3.8) is 0 Å². The van der Waals surface area contributed by atoms with E-state index in [1.807, 2.05) is 22.6 Å². The lowest BCUT2D eigenvalue weighted by Crippen LogP contribution is -2.22. The van der Waals surface area contributed by atoms with Gasteiger partial charge in [-0.3, -0.25) is 9.59 Å². The summed E-state index contributed by atoms with van der Waals surface area (Å²) in [6.07, 6.45) is 1.31.